The zero-order valence-corrected chi connectivity index (χ0v) is 14.5. The number of nitrogens with zero attached hydrogens (tertiary/aromatic N) is 5. The average molecular weight is 350 g/mol. The minimum atomic E-state index is -0.338. The quantitative estimate of drug-likeness (QED) is 0.541. The molecule has 0 saturated heterocycles. The summed E-state index contributed by atoms with van der Waals surface area (Å²) in [6.45, 7) is 1.74. The van der Waals surface area contributed by atoms with Crippen LogP contribution in [0.3, 0.4) is 0 Å². The second-order valence-electron chi connectivity index (χ2n) is 5.47. The van der Waals surface area contributed by atoms with Crippen LogP contribution in [0.15, 0.2) is 59.7 Å². The predicted molar refractivity (Wildman–Crippen MR) is 96.6 cm³/mol. The van der Waals surface area contributed by atoms with E-state index in [0.29, 0.717) is 11.5 Å². The van der Waals surface area contributed by atoms with Crippen LogP contribution in [0.25, 0.3) is 11.4 Å². The summed E-state index contributed by atoms with van der Waals surface area (Å²) < 4.78 is 5.12. The Kier molecular flexibility index (Phi) is 5.33. The second kappa shape index (κ2) is 8.02. The molecule has 0 saturated carbocycles. The van der Waals surface area contributed by atoms with Crippen molar-refractivity contribution in [1.29, 1.82) is 0 Å². The molecule has 0 bridgehead atoms. The summed E-state index contributed by atoms with van der Waals surface area (Å²) >= 11 is 0. The van der Waals surface area contributed by atoms with Crippen molar-refractivity contribution < 1.29 is 9.53 Å². The third-order valence-electron chi connectivity index (χ3n) is 3.63. The number of carbonyl (C=O) groups is 1. The number of hydrogen-bond donors (Lipinski definition) is 1. The van der Waals surface area contributed by atoms with Gasteiger partial charge < -0.3 is 4.74 Å². The van der Waals surface area contributed by atoms with E-state index in [1.165, 1.54) is 4.80 Å². The van der Waals surface area contributed by atoms with Gasteiger partial charge in [0.25, 0.3) is 5.91 Å². The maximum absolute atomic E-state index is 12.0. The molecular formula is C18H18N6O2. The Labute approximate surface area is 150 Å². The standard InChI is InChI=1S/C18H18N6O2/c1-13(14-8-10-16(26-2)11-9-14)19-20-17(25)12-24-22-18(21-23-24)15-6-4-3-5-7-15/h3-11H,12H2,1-2H3,(H,20,25)/b19-13-. The lowest BCUT2D eigenvalue weighted by Gasteiger charge is -2.04. The van der Waals surface area contributed by atoms with Crippen molar-refractivity contribution in [3.05, 3.63) is 60.2 Å². The number of aromatic nitrogens is 4. The lowest BCUT2D eigenvalue weighted by molar-refractivity contribution is -0.122. The van der Waals surface area contributed by atoms with Crippen LogP contribution in [0, 0.1) is 0 Å². The maximum atomic E-state index is 12.0. The van der Waals surface area contributed by atoms with Crippen LogP contribution in [-0.4, -0.2) is 38.9 Å². The summed E-state index contributed by atoms with van der Waals surface area (Å²) in [5, 5.41) is 16.1. The number of methoxy groups -OCH3 is 1. The molecule has 1 N–H and O–H groups in total. The summed E-state index contributed by atoms with van der Waals surface area (Å²) in [7, 11) is 1.61. The molecule has 8 nitrogen and oxygen atoms in total. The Morgan fingerprint density at radius 3 is 2.58 bits per heavy atom. The van der Waals surface area contributed by atoms with Gasteiger partial charge in [-0.3, -0.25) is 4.79 Å². The topological polar surface area (TPSA) is 94.3 Å². The maximum Gasteiger partial charge on any atom is 0.263 e. The summed E-state index contributed by atoms with van der Waals surface area (Å²) in [5.41, 5.74) is 4.90. The van der Waals surface area contributed by atoms with Gasteiger partial charge in [-0.25, -0.2) is 5.43 Å². The van der Waals surface area contributed by atoms with E-state index in [-0.39, 0.29) is 12.5 Å². The highest BCUT2D eigenvalue weighted by molar-refractivity contribution is 5.99. The van der Waals surface area contributed by atoms with Gasteiger partial charge in [0, 0.05) is 5.56 Å². The summed E-state index contributed by atoms with van der Waals surface area (Å²) in [6, 6.07) is 16.8. The second-order valence-corrected chi connectivity index (χ2v) is 5.47. The number of hydrogen-bond acceptors (Lipinski definition) is 6. The lowest BCUT2D eigenvalue weighted by Crippen LogP contribution is -2.25. The fraction of sp³-hybridized carbons (Fsp3) is 0.167. The molecule has 0 unspecified atom stereocenters. The van der Waals surface area contributed by atoms with Crippen molar-refractivity contribution in [2.75, 3.05) is 7.11 Å². The molecule has 0 aliphatic carbocycles. The van der Waals surface area contributed by atoms with Crippen molar-refractivity contribution in [1.82, 2.24) is 25.6 Å². The molecule has 1 amide bonds. The number of amides is 1. The Hall–Kier alpha value is -3.55. The molecule has 3 aromatic rings. The molecule has 0 aliphatic heterocycles. The minimum absolute atomic E-state index is 0.0702. The number of benzene rings is 2. The van der Waals surface area contributed by atoms with Gasteiger partial charge in [0.15, 0.2) is 0 Å². The highest BCUT2D eigenvalue weighted by Gasteiger charge is 2.09. The molecule has 0 fully saturated rings. The van der Waals surface area contributed by atoms with E-state index in [1.54, 1.807) is 7.11 Å². The number of ether oxygens (including phenoxy) is 1. The van der Waals surface area contributed by atoms with Gasteiger partial charge in [0.1, 0.15) is 12.3 Å². The molecule has 2 aromatic carbocycles. The normalized spacial score (nSPS) is 11.2. The number of tetrazole rings is 1. The van der Waals surface area contributed by atoms with Gasteiger partial charge >= 0.3 is 0 Å². The predicted octanol–water partition coefficient (Wildman–Crippen LogP) is 1.89. The Balaban J connectivity index is 1.59. The highest BCUT2D eigenvalue weighted by atomic mass is 16.5. The fourth-order valence-electron chi connectivity index (χ4n) is 2.22. The van der Waals surface area contributed by atoms with Crippen molar-refractivity contribution in [3.8, 4) is 17.1 Å². The van der Waals surface area contributed by atoms with Gasteiger partial charge in [0.05, 0.1) is 12.8 Å². The van der Waals surface area contributed by atoms with Gasteiger partial charge in [-0.15, -0.1) is 10.2 Å². The van der Waals surface area contributed by atoms with Crippen molar-refractivity contribution in [2.45, 2.75) is 13.5 Å². The zero-order valence-electron chi connectivity index (χ0n) is 14.5. The van der Waals surface area contributed by atoms with Crippen molar-refractivity contribution in [3.63, 3.8) is 0 Å². The Morgan fingerprint density at radius 1 is 1.15 bits per heavy atom. The van der Waals surface area contributed by atoms with E-state index in [0.717, 1.165) is 16.9 Å². The van der Waals surface area contributed by atoms with E-state index in [1.807, 2.05) is 61.5 Å². The molecule has 8 heteroatoms. The molecule has 1 aromatic heterocycles. The van der Waals surface area contributed by atoms with Crippen LogP contribution in [-0.2, 0) is 11.3 Å². The largest absolute Gasteiger partial charge is 0.497 e. The van der Waals surface area contributed by atoms with Crippen LogP contribution in [0.5, 0.6) is 5.75 Å². The smallest absolute Gasteiger partial charge is 0.263 e. The van der Waals surface area contributed by atoms with Gasteiger partial charge in [-0.2, -0.15) is 9.90 Å². The number of hydrazone groups is 1. The molecule has 26 heavy (non-hydrogen) atoms. The third-order valence-corrected chi connectivity index (χ3v) is 3.63. The molecule has 132 valence electrons. The SMILES string of the molecule is COc1ccc(/C(C)=N\NC(=O)Cn2nnc(-c3ccccc3)n2)cc1. The van der Waals surface area contributed by atoms with Crippen molar-refractivity contribution in [2.24, 2.45) is 5.10 Å². The first-order chi connectivity index (χ1) is 12.7. The summed E-state index contributed by atoms with van der Waals surface area (Å²) in [4.78, 5) is 13.3. The van der Waals surface area contributed by atoms with E-state index >= 15 is 0 Å². The monoisotopic (exact) mass is 350 g/mol. The third kappa shape index (κ3) is 4.29. The first kappa shape index (κ1) is 17.3. The molecule has 3 rings (SSSR count). The zero-order chi connectivity index (χ0) is 18.4. The number of carbonyl (C=O) groups excluding carboxylic acids is 1. The fourth-order valence-corrected chi connectivity index (χ4v) is 2.22. The first-order valence-electron chi connectivity index (χ1n) is 7.96. The van der Waals surface area contributed by atoms with Crippen LogP contribution in [0.1, 0.15) is 12.5 Å². The van der Waals surface area contributed by atoms with E-state index in [4.69, 9.17) is 4.74 Å². The summed E-state index contributed by atoms with van der Waals surface area (Å²) in [6.07, 6.45) is 0. The number of rotatable bonds is 6. The van der Waals surface area contributed by atoms with Crippen LogP contribution in [0.2, 0.25) is 0 Å². The lowest BCUT2D eigenvalue weighted by atomic mass is 10.1. The number of nitrogens with one attached hydrogen (secondary N) is 1. The Morgan fingerprint density at radius 2 is 1.88 bits per heavy atom. The van der Waals surface area contributed by atoms with Crippen LogP contribution < -0.4 is 10.2 Å². The molecule has 1 heterocycles. The van der Waals surface area contributed by atoms with Gasteiger partial charge in [-0.1, -0.05) is 30.3 Å². The minimum Gasteiger partial charge on any atom is -0.497 e. The van der Waals surface area contributed by atoms with E-state index in [9.17, 15) is 4.79 Å². The van der Waals surface area contributed by atoms with Gasteiger partial charge in [0.2, 0.25) is 5.82 Å². The molecule has 0 aliphatic rings. The first-order valence-corrected chi connectivity index (χ1v) is 7.96. The van der Waals surface area contributed by atoms with Gasteiger partial charge in [-0.05, 0) is 42.0 Å². The van der Waals surface area contributed by atoms with Crippen LogP contribution in [0.4, 0.5) is 0 Å². The van der Waals surface area contributed by atoms with Crippen LogP contribution >= 0.6 is 0 Å². The van der Waals surface area contributed by atoms with E-state index in [2.05, 4.69) is 25.9 Å². The summed E-state index contributed by atoms with van der Waals surface area (Å²) in [5.74, 6) is 0.892. The Bertz CT molecular complexity index is 903. The molecular weight excluding hydrogens is 332 g/mol. The average Bonchev–Trinajstić information content (AvgIpc) is 3.15. The van der Waals surface area contributed by atoms with E-state index < -0.39 is 0 Å². The molecule has 0 radical (unpaired) electrons. The van der Waals surface area contributed by atoms with Crippen molar-refractivity contribution >= 4 is 11.6 Å². The molecule has 0 atom stereocenters. The molecule has 0 spiro atoms. The highest BCUT2D eigenvalue weighted by Crippen LogP contribution is 2.12.